The van der Waals surface area contributed by atoms with Crippen molar-refractivity contribution in [2.75, 3.05) is 12.4 Å². The molecule has 3 aromatic rings. The van der Waals surface area contributed by atoms with Crippen LogP contribution in [0.5, 0.6) is 5.75 Å². The third-order valence-corrected chi connectivity index (χ3v) is 3.99. The molecule has 1 N–H and O–H groups in total. The lowest BCUT2D eigenvalue weighted by atomic mass is 10.2. The fraction of sp³-hybridized carbons (Fsp3) is 0.263. The lowest BCUT2D eigenvalue weighted by Gasteiger charge is -2.11. The van der Waals surface area contributed by atoms with E-state index in [1.165, 1.54) is 0 Å². The molecule has 0 saturated heterocycles. The van der Waals surface area contributed by atoms with Gasteiger partial charge >= 0.3 is 5.76 Å². The molecule has 1 amide bonds. The van der Waals surface area contributed by atoms with Crippen molar-refractivity contribution in [2.24, 2.45) is 0 Å². The number of rotatable bonds is 6. The van der Waals surface area contributed by atoms with E-state index in [-0.39, 0.29) is 5.91 Å². The highest BCUT2D eigenvalue weighted by molar-refractivity contribution is 5.92. The van der Waals surface area contributed by atoms with Gasteiger partial charge in [-0.2, -0.15) is 0 Å². The van der Waals surface area contributed by atoms with E-state index in [0.717, 1.165) is 11.1 Å². The number of benzene rings is 2. The summed E-state index contributed by atoms with van der Waals surface area (Å²) in [4.78, 5) is 24.1. The molecule has 0 aliphatic carbocycles. The van der Waals surface area contributed by atoms with Gasteiger partial charge in [-0.1, -0.05) is 18.2 Å². The first-order valence-corrected chi connectivity index (χ1v) is 8.11. The highest BCUT2D eigenvalue weighted by atomic mass is 16.5. The maximum absolute atomic E-state index is 12.2. The number of para-hydroxylation sites is 2. The Morgan fingerprint density at radius 2 is 2.04 bits per heavy atom. The van der Waals surface area contributed by atoms with Gasteiger partial charge in [-0.25, -0.2) is 4.79 Å². The van der Waals surface area contributed by atoms with Crippen molar-refractivity contribution in [3.8, 4) is 5.75 Å². The van der Waals surface area contributed by atoms with E-state index in [0.29, 0.717) is 36.4 Å². The van der Waals surface area contributed by atoms with Crippen LogP contribution in [-0.4, -0.2) is 17.6 Å². The number of aromatic nitrogens is 1. The largest absolute Gasteiger partial charge is 0.495 e. The van der Waals surface area contributed by atoms with Crippen LogP contribution in [0.2, 0.25) is 0 Å². The summed E-state index contributed by atoms with van der Waals surface area (Å²) in [7, 11) is 1.57. The third-order valence-electron chi connectivity index (χ3n) is 3.99. The molecule has 0 saturated carbocycles. The van der Waals surface area contributed by atoms with Gasteiger partial charge in [-0.3, -0.25) is 9.36 Å². The minimum atomic E-state index is -0.401. The zero-order valence-corrected chi connectivity index (χ0v) is 14.2. The fourth-order valence-corrected chi connectivity index (χ4v) is 2.76. The second kappa shape index (κ2) is 7.25. The molecule has 1 aromatic heterocycles. The molecule has 0 atom stereocenters. The quantitative estimate of drug-likeness (QED) is 0.747. The van der Waals surface area contributed by atoms with Crippen LogP contribution in [0.1, 0.15) is 18.4 Å². The normalized spacial score (nSPS) is 10.8. The molecular weight excluding hydrogens is 320 g/mol. The van der Waals surface area contributed by atoms with Gasteiger partial charge < -0.3 is 14.5 Å². The molecule has 0 spiro atoms. The van der Waals surface area contributed by atoms with Crippen LogP contribution in [0.15, 0.2) is 51.7 Å². The first-order valence-electron chi connectivity index (χ1n) is 8.11. The second-order valence-corrected chi connectivity index (χ2v) is 5.84. The number of carbonyl (C=O) groups is 1. The first-order chi connectivity index (χ1) is 12.1. The minimum Gasteiger partial charge on any atom is -0.495 e. The zero-order valence-electron chi connectivity index (χ0n) is 14.2. The van der Waals surface area contributed by atoms with Crippen molar-refractivity contribution in [3.05, 3.63) is 58.6 Å². The van der Waals surface area contributed by atoms with Gasteiger partial charge in [0, 0.05) is 13.0 Å². The van der Waals surface area contributed by atoms with Crippen LogP contribution in [0.4, 0.5) is 5.69 Å². The Bertz CT molecular complexity index is 955. The van der Waals surface area contributed by atoms with Crippen molar-refractivity contribution >= 4 is 22.7 Å². The monoisotopic (exact) mass is 340 g/mol. The average molecular weight is 340 g/mol. The number of hydrogen-bond acceptors (Lipinski definition) is 4. The summed E-state index contributed by atoms with van der Waals surface area (Å²) in [6.45, 7) is 2.37. The van der Waals surface area contributed by atoms with E-state index in [4.69, 9.17) is 9.15 Å². The predicted octanol–water partition coefficient (Wildman–Crippen LogP) is 3.33. The summed E-state index contributed by atoms with van der Waals surface area (Å²) in [5.41, 5.74) is 2.99. The van der Waals surface area contributed by atoms with Crippen molar-refractivity contribution < 1.29 is 13.9 Å². The van der Waals surface area contributed by atoms with Crippen LogP contribution in [0, 0.1) is 6.92 Å². The van der Waals surface area contributed by atoms with Gasteiger partial charge in [0.25, 0.3) is 0 Å². The van der Waals surface area contributed by atoms with Crippen molar-refractivity contribution in [2.45, 2.75) is 26.3 Å². The van der Waals surface area contributed by atoms with E-state index in [1.54, 1.807) is 17.7 Å². The van der Waals surface area contributed by atoms with E-state index < -0.39 is 5.76 Å². The molecule has 1 heterocycles. The molecule has 6 heteroatoms. The van der Waals surface area contributed by atoms with Crippen LogP contribution >= 0.6 is 0 Å². The van der Waals surface area contributed by atoms with Gasteiger partial charge in [0.05, 0.1) is 18.3 Å². The predicted molar refractivity (Wildman–Crippen MR) is 96.1 cm³/mol. The first kappa shape index (κ1) is 16.8. The highest BCUT2D eigenvalue weighted by Crippen LogP contribution is 2.25. The number of oxazole rings is 1. The van der Waals surface area contributed by atoms with Crippen molar-refractivity contribution in [1.82, 2.24) is 4.57 Å². The summed E-state index contributed by atoms with van der Waals surface area (Å²) in [6.07, 6.45) is 0.826. The molecule has 6 nitrogen and oxygen atoms in total. The molecule has 0 bridgehead atoms. The zero-order chi connectivity index (χ0) is 17.8. The van der Waals surface area contributed by atoms with E-state index in [9.17, 15) is 9.59 Å². The van der Waals surface area contributed by atoms with Crippen LogP contribution in [0.25, 0.3) is 11.1 Å². The number of hydrogen-bond donors (Lipinski definition) is 1. The van der Waals surface area contributed by atoms with E-state index in [2.05, 4.69) is 5.32 Å². The van der Waals surface area contributed by atoms with Gasteiger partial charge in [-0.05, 0) is 43.2 Å². The number of carbonyl (C=O) groups excluding carboxylic acids is 1. The molecule has 0 unspecified atom stereocenters. The summed E-state index contributed by atoms with van der Waals surface area (Å²) in [6, 6.07) is 12.9. The Labute approximate surface area is 145 Å². The molecule has 0 aliphatic rings. The molecule has 25 heavy (non-hydrogen) atoms. The van der Waals surface area contributed by atoms with E-state index >= 15 is 0 Å². The number of amides is 1. The molecule has 2 aromatic carbocycles. The number of anilines is 1. The molecule has 3 rings (SSSR count). The number of fused-ring (bicyclic) bond motifs is 1. The Hall–Kier alpha value is -3.02. The number of nitrogens with one attached hydrogen (secondary N) is 1. The van der Waals surface area contributed by atoms with Crippen LogP contribution < -0.4 is 15.8 Å². The Morgan fingerprint density at radius 1 is 1.24 bits per heavy atom. The summed E-state index contributed by atoms with van der Waals surface area (Å²) in [5.74, 6) is 0.0997. The van der Waals surface area contributed by atoms with Gasteiger partial charge in [0.15, 0.2) is 5.58 Å². The van der Waals surface area contributed by atoms with Crippen molar-refractivity contribution in [3.63, 3.8) is 0 Å². The van der Waals surface area contributed by atoms with Crippen LogP contribution in [0.3, 0.4) is 0 Å². The third kappa shape index (κ3) is 3.74. The van der Waals surface area contributed by atoms with Gasteiger partial charge in [0.2, 0.25) is 5.91 Å². The highest BCUT2D eigenvalue weighted by Gasteiger charge is 2.11. The number of aryl methyl sites for hydroxylation is 2. The summed E-state index contributed by atoms with van der Waals surface area (Å²) >= 11 is 0. The maximum Gasteiger partial charge on any atom is 0.419 e. The fourth-order valence-electron chi connectivity index (χ4n) is 2.76. The van der Waals surface area contributed by atoms with E-state index in [1.807, 2.05) is 43.3 Å². The molecule has 0 fully saturated rings. The molecule has 130 valence electrons. The topological polar surface area (TPSA) is 73.5 Å². The molecule has 0 aliphatic heterocycles. The lowest BCUT2D eigenvalue weighted by Crippen LogP contribution is -2.17. The second-order valence-electron chi connectivity index (χ2n) is 5.84. The summed E-state index contributed by atoms with van der Waals surface area (Å²) < 4.78 is 12.0. The molecule has 0 radical (unpaired) electrons. The van der Waals surface area contributed by atoms with Gasteiger partial charge in [-0.15, -0.1) is 0 Å². The number of ether oxygens (including phenoxy) is 1. The lowest BCUT2D eigenvalue weighted by molar-refractivity contribution is -0.116. The molecular formula is C19H20N2O4. The standard InChI is InChI=1S/C19H20N2O4/c1-13-9-10-16(24-2)14(12-13)20-18(22)8-5-11-21-15-6-3-4-7-17(15)25-19(21)23/h3-4,6-7,9-10,12H,5,8,11H2,1-2H3,(H,20,22). The smallest absolute Gasteiger partial charge is 0.419 e. The SMILES string of the molecule is COc1ccc(C)cc1NC(=O)CCCn1c(=O)oc2ccccc21. The Morgan fingerprint density at radius 3 is 2.84 bits per heavy atom. The Kier molecular flexibility index (Phi) is 4.88. The van der Waals surface area contributed by atoms with Crippen molar-refractivity contribution in [1.29, 1.82) is 0 Å². The van der Waals surface area contributed by atoms with Crippen LogP contribution in [-0.2, 0) is 11.3 Å². The van der Waals surface area contributed by atoms with Gasteiger partial charge in [0.1, 0.15) is 5.75 Å². The number of nitrogens with zero attached hydrogens (tertiary/aromatic N) is 1. The number of methoxy groups -OCH3 is 1. The maximum atomic E-state index is 12.2. The summed E-state index contributed by atoms with van der Waals surface area (Å²) in [5, 5.41) is 2.86. The Balaban J connectivity index is 1.62. The minimum absolute atomic E-state index is 0.121. The average Bonchev–Trinajstić information content (AvgIpc) is 2.91.